The average Bonchev–Trinajstić information content (AvgIpc) is 2.29. The van der Waals surface area contributed by atoms with Crippen molar-refractivity contribution in [1.29, 1.82) is 0 Å². The summed E-state index contributed by atoms with van der Waals surface area (Å²) in [7, 11) is 0. The predicted molar refractivity (Wildman–Crippen MR) is 71.0 cm³/mol. The Hall–Kier alpha value is -1.21. The van der Waals surface area contributed by atoms with Crippen molar-refractivity contribution < 1.29 is 4.79 Å². The number of nitrogens with two attached hydrogens (primary N) is 2. The Balaban J connectivity index is 2.49. The van der Waals surface area contributed by atoms with E-state index in [0.717, 1.165) is 21.9 Å². The lowest BCUT2D eigenvalue weighted by Crippen LogP contribution is -2.18. The Morgan fingerprint density at radius 3 is 2.81 bits per heavy atom. The van der Waals surface area contributed by atoms with Crippen LogP contribution in [0.1, 0.15) is 0 Å². The van der Waals surface area contributed by atoms with E-state index in [1.807, 2.05) is 18.2 Å². The monoisotopic (exact) mass is 302 g/mol. The molecule has 0 heterocycles. The SMILES string of the molecule is NN=C(N)SCC(=O)Nc1ccccc1Br. The van der Waals surface area contributed by atoms with E-state index in [0.29, 0.717) is 0 Å². The number of benzene rings is 1. The summed E-state index contributed by atoms with van der Waals surface area (Å²) in [6.07, 6.45) is 0. The molecule has 0 fully saturated rings. The van der Waals surface area contributed by atoms with E-state index in [9.17, 15) is 4.79 Å². The fourth-order valence-corrected chi connectivity index (χ4v) is 1.74. The molecular weight excluding hydrogens is 292 g/mol. The Morgan fingerprint density at radius 2 is 2.19 bits per heavy atom. The van der Waals surface area contributed by atoms with Crippen LogP contribution in [0.4, 0.5) is 5.69 Å². The molecule has 16 heavy (non-hydrogen) atoms. The lowest BCUT2D eigenvalue weighted by molar-refractivity contribution is -0.113. The number of para-hydroxylation sites is 1. The molecule has 0 aliphatic heterocycles. The summed E-state index contributed by atoms with van der Waals surface area (Å²) in [6.45, 7) is 0. The zero-order chi connectivity index (χ0) is 12.0. The topological polar surface area (TPSA) is 93.5 Å². The van der Waals surface area contributed by atoms with Crippen molar-refractivity contribution >= 4 is 44.5 Å². The molecule has 1 rings (SSSR count). The fourth-order valence-electron chi connectivity index (χ4n) is 0.926. The van der Waals surface area contributed by atoms with Gasteiger partial charge in [0.1, 0.15) is 0 Å². The first-order valence-corrected chi connectivity index (χ1v) is 6.12. The molecule has 0 saturated heterocycles. The number of hydrogen-bond donors (Lipinski definition) is 3. The summed E-state index contributed by atoms with van der Waals surface area (Å²) in [5.41, 5.74) is 6.06. The second kappa shape index (κ2) is 6.39. The molecule has 0 bridgehead atoms. The molecular formula is C9H11BrN4OS. The maximum absolute atomic E-state index is 11.5. The predicted octanol–water partition coefficient (Wildman–Crippen LogP) is 1.31. The largest absolute Gasteiger partial charge is 0.377 e. The van der Waals surface area contributed by atoms with Crippen LogP contribution in [-0.2, 0) is 4.79 Å². The highest BCUT2D eigenvalue weighted by Gasteiger charge is 2.06. The van der Waals surface area contributed by atoms with Gasteiger partial charge in [-0.15, -0.1) is 0 Å². The second-order valence-corrected chi connectivity index (χ2v) is 4.63. The maximum Gasteiger partial charge on any atom is 0.234 e. The van der Waals surface area contributed by atoms with Gasteiger partial charge in [-0.3, -0.25) is 4.79 Å². The molecule has 0 aliphatic carbocycles. The number of thioether (sulfide) groups is 1. The van der Waals surface area contributed by atoms with Gasteiger partial charge in [0.25, 0.3) is 0 Å². The summed E-state index contributed by atoms with van der Waals surface area (Å²) >= 11 is 4.41. The van der Waals surface area contributed by atoms with E-state index in [1.54, 1.807) is 6.07 Å². The summed E-state index contributed by atoms with van der Waals surface area (Å²) in [5, 5.41) is 6.17. The van der Waals surface area contributed by atoms with Crippen molar-refractivity contribution in [3.8, 4) is 0 Å². The number of nitrogens with zero attached hydrogens (tertiary/aromatic N) is 1. The Kier molecular flexibility index (Phi) is 5.13. The number of carbonyl (C=O) groups is 1. The highest BCUT2D eigenvalue weighted by Crippen LogP contribution is 2.21. The van der Waals surface area contributed by atoms with Gasteiger partial charge in [0.05, 0.1) is 11.4 Å². The second-order valence-electron chi connectivity index (χ2n) is 2.78. The molecule has 0 unspecified atom stereocenters. The van der Waals surface area contributed by atoms with Gasteiger partial charge in [0, 0.05) is 4.47 Å². The summed E-state index contributed by atoms with van der Waals surface area (Å²) < 4.78 is 0.828. The number of hydrogen-bond acceptors (Lipinski definition) is 4. The Labute approximate surface area is 106 Å². The lowest BCUT2D eigenvalue weighted by atomic mass is 10.3. The van der Waals surface area contributed by atoms with Gasteiger partial charge in [0.2, 0.25) is 5.91 Å². The van der Waals surface area contributed by atoms with Gasteiger partial charge in [-0.2, -0.15) is 5.10 Å². The molecule has 5 N–H and O–H groups in total. The van der Waals surface area contributed by atoms with Crippen LogP contribution in [-0.4, -0.2) is 16.8 Å². The highest BCUT2D eigenvalue weighted by molar-refractivity contribution is 9.10. The van der Waals surface area contributed by atoms with Gasteiger partial charge in [-0.1, -0.05) is 23.9 Å². The van der Waals surface area contributed by atoms with E-state index in [4.69, 9.17) is 11.6 Å². The molecule has 0 atom stereocenters. The molecule has 86 valence electrons. The highest BCUT2D eigenvalue weighted by atomic mass is 79.9. The van der Waals surface area contributed by atoms with Crippen molar-refractivity contribution in [3.05, 3.63) is 28.7 Å². The molecule has 1 amide bonds. The normalized spacial score (nSPS) is 11.2. The van der Waals surface area contributed by atoms with E-state index < -0.39 is 0 Å². The molecule has 1 aromatic carbocycles. The number of halogens is 1. The van der Waals surface area contributed by atoms with Gasteiger partial charge in [0.15, 0.2) is 5.17 Å². The lowest BCUT2D eigenvalue weighted by Gasteiger charge is -2.06. The fraction of sp³-hybridized carbons (Fsp3) is 0.111. The standard InChI is InChI=1S/C9H11BrN4OS/c10-6-3-1-2-4-7(6)13-8(15)5-16-9(11)14-12/h1-4H,5,12H2,(H2,11,14)(H,13,15). The number of rotatable bonds is 3. The van der Waals surface area contributed by atoms with Gasteiger partial charge in [-0.25, -0.2) is 0 Å². The third kappa shape index (κ3) is 4.11. The number of amides is 1. The Morgan fingerprint density at radius 1 is 1.50 bits per heavy atom. The van der Waals surface area contributed by atoms with Crippen LogP contribution < -0.4 is 16.9 Å². The molecule has 5 nitrogen and oxygen atoms in total. The van der Waals surface area contributed by atoms with E-state index in [1.165, 1.54) is 0 Å². The van der Waals surface area contributed by atoms with Crippen LogP contribution in [0.15, 0.2) is 33.8 Å². The Bertz CT molecular complexity index is 410. The molecule has 0 aromatic heterocycles. The first-order valence-electron chi connectivity index (χ1n) is 4.34. The van der Waals surface area contributed by atoms with E-state index >= 15 is 0 Å². The molecule has 0 aliphatic rings. The minimum Gasteiger partial charge on any atom is -0.377 e. The number of amidine groups is 1. The van der Waals surface area contributed by atoms with E-state index in [-0.39, 0.29) is 16.8 Å². The van der Waals surface area contributed by atoms with Crippen LogP contribution in [0.5, 0.6) is 0 Å². The zero-order valence-electron chi connectivity index (χ0n) is 8.31. The van der Waals surface area contributed by atoms with Crippen LogP contribution in [0.2, 0.25) is 0 Å². The van der Waals surface area contributed by atoms with Crippen LogP contribution in [0.3, 0.4) is 0 Å². The quantitative estimate of drug-likeness (QED) is 0.340. The molecule has 0 spiro atoms. The molecule has 0 radical (unpaired) electrons. The van der Waals surface area contributed by atoms with Crippen molar-refractivity contribution in [2.45, 2.75) is 0 Å². The molecule has 1 aromatic rings. The maximum atomic E-state index is 11.5. The van der Waals surface area contributed by atoms with Gasteiger partial charge in [-0.05, 0) is 28.1 Å². The van der Waals surface area contributed by atoms with Crippen LogP contribution >= 0.6 is 27.7 Å². The zero-order valence-corrected chi connectivity index (χ0v) is 10.7. The third-order valence-corrected chi connectivity index (χ3v) is 3.13. The summed E-state index contributed by atoms with van der Waals surface area (Å²) in [6, 6.07) is 7.35. The average molecular weight is 303 g/mol. The number of anilines is 1. The van der Waals surface area contributed by atoms with E-state index in [2.05, 4.69) is 26.3 Å². The summed E-state index contributed by atoms with van der Waals surface area (Å²) in [4.78, 5) is 11.5. The minimum atomic E-state index is -0.163. The number of carbonyl (C=O) groups excluding carboxylic acids is 1. The van der Waals surface area contributed by atoms with Crippen molar-refractivity contribution in [2.75, 3.05) is 11.1 Å². The number of nitrogens with one attached hydrogen (secondary N) is 1. The van der Waals surface area contributed by atoms with Crippen molar-refractivity contribution in [2.24, 2.45) is 16.7 Å². The smallest absolute Gasteiger partial charge is 0.234 e. The van der Waals surface area contributed by atoms with Gasteiger partial charge >= 0.3 is 0 Å². The molecule has 0 saturated carbocycles. The first-order chi connectivity index (χ1) is 7.63. The van der Waals surface area contributed by atoms with Crippen molar-refractivity contribution in [3.63, 3.8) is 0 Å². The molecule has 7 heteroatoms. The minimum absolute atomic E-state index is 0.163. The number of hydrazone groups is 1. The third-order valence-electron chi connectivity index (χ3n) is 1.63. The van der Waals surface area contributed by atoms with Gasteiger partial charge < -0.3 is 16.9 Å². The van der Waals surface area contributed by atoms with Crippen molar-refractivity contribution in [1.82, 2.24) is 0 Å². The first kappa shape index (κ1) is 12.9. The summed E-state index contributed by atoms with van der Waals surface area (Å²) in [5.74, 6) is 4.95. The van der Waals surface area contributed by atoms with Crippen LogP contribution in [0, 0.1) is 0 Å². The van der Waals surface area contributed by atoms with Crippen LogP contribution in [0.25, 0.3) is 0 Å².